The summed E-state index contributed by atoms with van der Waals surface area (Å²) in [6.45, 7) is 0.506. The molecule has 1 aromatic carbocycles. The fourth-order valence-corrected chi connectivity index (χ4v) is 2.79. The van der Waals surface area contributed by atoms with E-state index >= 15 is 0 Å². The summed E-state index contributed by atoms with van der Waals surface area (Å²) in [6, 6.07) is 14.3. The molecule has 2 aromatic heterocycles. The van der Waals surface area contributed by atoms with Crippen LogP contribution in [-0.2, 0) is 6.61 Å². The second-order valence-corrected chi connectivity index (χ2v) is 5.69. The topological polar surface area (TPSA) is 66.0 Å². The maximum Gasteiger partial charge on any atom is 0.215 e. The average molecular weight is 294 g/mol. The predicted molar refractivity (Wildman–Crippen MR) is 85.6 cm³/mol. The van der Waals surface area contributed by atoms with Crippen LogP contribution in [0.25, 0.3) is 11.2 Å². The minimum Gasteiger partial charge on any atom is -0.473 e. The van der Waals surface area contributed by atoms with Crippen LogP contribution in [0, 0.1) is 0 Å². The molecule has 3 aromatic rings. The van der Waals surface area contributed by atoms with Crippen LogP contribution < -0.4 is 10.5 Å². The van der Waals surface area contributed by atoms with Gasteiger partial charge in [-0.25, -0.2) is 4.98 Å². The van der Waals surface area contributed by atoms with Gasteiger partial charge in [0.1, 0.15) is 12.1 Å². The summed E-state index contributed by atoms with van der Waals surface area (Å²) >= 11 is 0. The van der Waals surface area contributed by atoms with Crippen LogP contribution in [0.2, 0.25) is 0 Å². The van der Waals surface area contributed by atoms with Crippen molar-refractivity contribution >= 4 is 17.1 Å². The van der Waals surface area contributed by atoms with Gasteiger partial charge in [-0.1, -0.05) is 30.3 Å². The number of hydrogen-bond acceptors (Lipinski definition) is 4. The number of fused-ring (bicyclic) bond motifs is 1. The lowest BCUT2D eigenvalue weighted by molar-refractivity contribution is 0.292. The van der Waals surface area contributed by atoms with E-state index in [1.807, 2.05) is 47.0 Å². The van der Waals surface area contributed by atoms with Crippen molar-refractivity contribution < 1.29 is 4.74 Å². The highest BCUT2D eigenvalue weighted by Crippen LogP contribution is 2.36. The Balaban J connectivity index is 1.62. The molecule has 1 aliphatic carbocycles. The molecule has 5 heteroatoms. The van der Waals surface area contributed by atoms with Crippen molar-refractivity contribution in [3.63, 3.8) is 0 Å². The summed E-state index contributed by atoms with van der Waals surface area (Å²) in [5, 5.41) is 0. The second-order valence-electron chi connectivity index (χ2n) is 5.69. The fourth-order valence-electron chi connectivity index (χ4n) is 2.79. The van der Waals surface area contributed by atoms with Crippen molar-refractivity contribution in [2.45, 2.75) is 31.9 Å². The number of pyridine rings is 1. The molecule has 0 saturated heterocycles. The molecule has 1 aliphatic rings. The number of rotatable bonds is 4. The zero-order chi connectivity index (χ0) is 14.9. The quantitative estimate of drug-likeness (QED) is 0.801. The molecule has 0 unspecified atom stereocenters. The number of hydrogen-bond donors (Lipinski definition) is 1. The summed E-state index contributed by atoms with van der Waals surface area (Å²) < 4.78 is 7.85. The van der Waals surface area contributed by atoms with Gasteiger partial charge in [-0.05, 0) is 30.9 Å². The van der Waals surface area contributed by atoms with E-state index in [0.717, 1.165) is 29.6 Å². The first-order chi connectivity index (χ1) is 10.8. The van der Waals surface area contributed by atoms with Crippen molar-refractivity contribution in [2.75, 3.05) is 5.73 Å². The van der Waals surface area contributed by atoms with E-state index in [1.54, 1.807) is 0 Å². The molecule has 4 rings (SSSR count). The molecule has 5 nitrogen and oxygen atoms in total. The third-order valence-corrected chi connectivity index (χ3v) is 4.21. The number of benzene rings is 1. The van der Waals surface area contributed by atoms with Crippen LogP contribution in [0.1, 0.15) is 30.9 Å². The van der Waals surface area contributed by atoms with E-state index in [-0.39, 0.29) is 0 Å². The molecule has 112 valence electrons. The number of nitrogens with two attached hydrogens (primary N) is 1. The number of ether oxygens (including phenoxy) is 1. The van der Waals surface area contributed by atoms with Gasteiger partial charge in [0.25, 0.3) is 0 Å². The summed E-state index contributed by atoms with van der Waals surface area (Å²) in [6.07, 6.45) is 3.53. The van der Waals surface area contributed by atoms with E-state index in [2.05, 4.69) is 9.97 Å². The van der Waals surface area contributed by atoms with Gasteiger partial charge >= 0.3 is 0 Å². The zero-order valence-electron chi connectivity index (χ0n) is 12.3. The Bertz CT molecular complexity index is 793. The van der Waals surface area contributed by atoms with E-state index in [1.165, 1.54) is 6.42 Å². The van der Waals surface area contributed by atoms with Gasteiger partial charge in [0.05, 0.1) is 0 Å². The summed E-state index contributed by atoms with van der Waals surface area (Å²) in [5.41, 5.74) is 8.83. The van der Waals surface area contributed by atoms with Crippen molar-refractivity contribution in [1.29, 1.82) is 0 Å². The molecular weight excluding hydrogens is 276 g/mol. The van der Waals surface area contributed by atoms with E-state index in [4.69, 9.17) is 10.5 Å². The fraction of sp³-hybridized carbons (Fsp3) is 0.294. The normalized spacial score (nSPS) is 14.9. The number of aromatic nitrogens is 3. The van der Waals surface area contributed by atoms with Gasteiger partial charge < -0.3 is 10.5 Å². The molecule has 2 N–H and O–H groups in total. The third-order valence-electron chi connectivity index (χ3n) is 4.21. The summed E-state index contributed by atoms with van der Waals surface area (Å²) in [5.74, 6) is 1.16. The van der Waals surface area contributed by atoms with Crippen molar-refractivity contribution in [3.8, 4) is 5.88 Å². The van der Waals surface area contributed by atoms with Gasteiger partial charge in [-0.3, -0.25) is 4.57 Å². The Labute approximate surface area is 128 Å². The van der Waals surface area contributed by atoms with Crippen LogP contribution in [-0.4, -0.2) is 14.5 Å². The first kappa shape index (κ1) is 13.1. The van der Waals surface area contributed by atoms with Crippen molar-refractivity contribution in [3.05, 3.63) is 48.0 Å². The van der Waals surface area contributed by atoms with Crippen LogP contribution in [0.15, 0.2) is 42.5 Å². The highest BCUT2D eigenvalue weighted by molar-refractivity contribution is 5.75. The average Bonchev–Trinajstić information content (AvgIpc) is 2.81. The number of imidazole rings is 1. The Morgan fingerprint density at radius 1 is 1.09 bits per heavy atom. The largest absolute Gasteiger partial charge is 0.473 e. The van der Waals surface area contributed by atoms with Crippen molar-refractivity contribution in [2.24, 2.45) is 0 Å². The van der Waals surface area contributed by atoms with Gasteiger partial charge in [0.2, 0.25) is 11.8 Å². The molecule has 22 heavy (non-hydrogen) atoms. The molecule has 0 bridgehead atoms. The van der Waals surface area contributed by atoms with Crippen LogP contribution in [0.5, 0.6) is 5.88 Å². The third kappa shape index (κ3) is 2.28. The molecule has 0 radical (unpaired) electrons. The Morgan fingerprint density at radius 3 is 2.64 bits per heavy atom. The number of nitrogen functional groups attached to an aromatic ring is 1. The maximum absolute atomic E-state index is 6.05. The zero-order valence-corrected chi connectivity index (χ0v) is 12.3. The van der Waals surface area contributed by atoms with Gasteiger partial charge in [-0.15, -0.1) is 0 Å². The van der Waals surface area contributed by atoms with Crippen molar-refractivity contribution in [1.82, 2.24) is 14.5 Å². The molecule has 0 atom stereocenters. The molecule has 2 heterocycles. The highest BCUT2D eigenvalue weighted by atomic mass is 16.5. The predicted octanol–water partition coefficient (Wildman–Crippen LogP) is 3.32. The maximum atomic E-state index is 6.05. The number of anilines is 1. The van der Waals surface area contributed by atoms with Gasteiger partial charge in [0.15, 0.2) is 5.65 Å². The highest BCUT2D eigenvalue weighted by Gasteiger charge is 2.24. The lowest BCUT2D eigenvalue weighted by atomic mass is 9.93. The minimum absolute atomic E-state index is 0.432. The van der Waals surface area contributed by atoms with E-state index < -0.39 is 0 Å². The Morgan fingerprint density at radius 2 is 1.91 bits per heavy atom. The Hall–Kier alpha value is -2.56. The molecule has 0 amide bonds. The smallest absolute Gasteiger partial charge is 0.215 e. The van der Waals surface area contributed by atoms with Crippen LogP contribution >= 0.6 is 0 Å². The molecular formula is C17H18N4O. The molecule has 1 saturated carbocycles. The summed E-state index contributed by atoms with van der Waals surface area (Å²) in [7, 11) is 0. The SMILES string of the molecule is Nc1nc2ccc(OCc3ccccc3)nc2n1C1CCC1. The monoisotopic (exact) mass is 294 g/mol. The van der Waals surface area contributed by atoms with Crippen LogP contribution in [0.4, 0.5) is 5.95 Å². The minimum atomic E-state index is 0.432. The lowest BCUT2D eigenvalue weighted by Crippen LogP contribution is -2.19. The number of nitrogens with zero attached hydrogens (tertiary/aromatic N) is 3. The Kier molecular flexibility index (Phi) is 3.18. The molecule has 0 aliphatic heterocycles. The van der Waals surface area contributed by atoms with Crippen LogP contribution in [0.3, 0.4) is 0 Å². The van der Waals surface area contributed by atoms with E-state index in [9.17, 15) is 0 Å². The lowest BCUT2D eigenvalue weighted by Gasteiger charge is -2.27. The van der Waals surface area contributed by atoms with Gasteiger partial charge in [-0.2, -0.15) is 4.98 Å². The first-order valence-electron chi connectivity index (χ1n) is 7.62. The van der Waals surface area contributed by atoms with E-state index in [0.29, 0.717) is 24.5 Å². The standard InChI is InChI=1S/C17H18N4O/c18-17-19-14-9-10-15(22-11-12-5-2-1-3-6-12)20-16(14)21(17)13-7-4-8-13/h1-3,5-6,9-10,13H,4,7-8,11H2,(H2,18,19). The molecule has 1 fully saturated rings. The first-order valence-corrected chi connectivity index (χ1v) is 7.62. The summed E-state index contributed by atoms with van der Waals surface area (Å²) in [4.78, 5) is 9.01. The van der Waals surface area contributed by atoms with Gasteiger partial charge in [0, 0.05) is 12.1 Å². The molecule has 0 spiro atoms. The second kappa shape index (κ2) is 5.33.